The molecule has 2 atom stereocenters. The van der Waals surface area contributed by atoms with Crippen LogP contribution in [0.15, 0.2) is 60.8 Å². The number of amides is 1. The number of nitrogens with zero attached hydrogens (tertiary/aromatic N) is 2. The van der Waals surface area contributed by atoms with Gasteiger partial charge in [0, 0.05) is 40.3 Å². The second kappa shape index (κ2) is 10.5. The lowest BCUT2D eigenvalue weighted by atomic mass is 9.76. The van der Waals surface area contributed by atoms with Gasteiger partial charge in [0.2, 0.25) is 0 Å². The van der Waals surface area contributed by atoms with E-state index in [9.17, 15) is 9.18 Å². The van der Waals surface area contributed by atoms with Crippen LogP contribution in [-0.4, -0.2) is 35.1 Å². The van der Waals surface area contributed by atoms with Crippen LogP contribution in [-0.2, 0) is 12.0 Å². The van der Waals surface area contributed by atoms with Crippen LogP contribution in [0.3, 0.4) is 0 Å². The van der Waals surface area contributed by atoms with Crippen molar-refractivity contribution in [3.8, 4) is 5.75 Å². The summed E-state index contributed by atoms with van der Waals surface area (Å²) in [5.41, 5.74) is 1.79. The van der Waals surface area contributed by atoms with Crippen LogP contribution >= 0.6 is 11.3 Å². The topological polar surface area (TPSA) is 54.5 Å². The van der Waals surface area contributed by atoms with Crippen molar-refractivity contribution in [1.29, 1.82) is 0 Å². The molecule has 1 aromatic carbocycles. The number of aromatic nitrogens is 1. The molecule has 0 spiro atoms. The molecule has 1 aliphatic heterocycles. The summed E-state index contributed by atoms with van der Waals surface area (Å²) in [6, 6.07) is 16.6. The molecule has 186 valence electrons. The van der Waals surface area contributed by atoms with E-state index in [-0.39, 0.29) is 22.1 Å². The Kier molecular flexibility index (Phi) is 7.57. The molecule has 35 heavy (non-hydrogen) atoms. The zero-order valence-corrected chi connectivity index (χ0v) is 21.7. The van der Waals surface area contributed by atoms with Crippen molar-refractivity contribution < 1.29 is 13.9 Å². The Bertz CT molecular complexity index is 1130. The highest BCUT2D eigenvalue weighted by Crippen LogP contribution is 2.44. The molecule has 1 amide bonds. The van der Waals surface area contributed by atoms with Gasteiger partial charge in [0.1, 0.15) is 5.75 Å². The van der Waals surface area contributed by atoms with Gasteiger partial charge in [-0.3, -0.25) is 9.88 Å². The summed E-state index contributed by atoms with van der Waals surface area (Å²) in [6.07, 6.45) is 4.05. The van der Waals surface area contributed by atoms with Gasteiger partial charge >= 0.3 is 6.09 Å². The van der Waals surface area contributed by atoms with Gasteiger partial charge in [0.15, 0.2) is 5.13 Å². The van der Waals surface area contributed by atoms with E-state index in [0.717, 1.165) is 42.9 Å². The normalized spacial score (nSPS) is 19.5. The van der Waals surface area contributed by atoms with E-state index in [0.29, 0.717) is 5.75 Å². The van der Waals surface area contributed by atoms with E-state index in [1.165, 1.54) is 23.0 Å². The number of thiophene rings is 1. The Morgan fingerprint density at radius 3 is 2.66 bits per heavy atom. The number of hydrogen-bond acceptors (Lipinski definition) is 5. The van der Waals surface area contributed by atoms with Gasteiger partial charge in [-0.25, -0.2) is 4.79 Å². The van der Waals surface area contributed by atoms with Crippen LogP contribution in [0, 0.1) is 17.5 Å². The van der Waals surface area contributed by atoms with Crippen molar-refractivity contribution in [3.63, 3.8) is 0 Å². The Labute approximate surface area is 211 Å². The maximum atomic E-state index is 13.6. The lowest BCUT2D eigenvalue weighted by Gasteiger charge is -2.40. The number of carbonyl (C=O) groups is 1. The monoisotopic (exact) mass is 495 g/mol. The summed E-state index contributed by atoms with van der Waals surface area (Å²) < 4.78 is 19.1. The molecule has 3 aromatic rings. The van der Waals surface area contributed by atoms with Gasteiger partial charge in [-0.2, -0.15) is 4.39 Å². The first-order valence-electron chi connectivity index (χ1n) is 12.1. The molecule has 5 nitrogen and oxygen atoms in total. The second-order valence-electron chi connectivity index (χ2n) is 10.1. The van der Waals surface area contributed by atoms with Gasteiger partial charge in [-0.15, -0.1) is 11.3 Å². The van der Waals surface area contributed by atoms with Crippen LogP contribution in [0.5, 0.6) is 5.75 Å². The predicted molar refractivity (Wildman–Crippen MR) is 138 cm³/mol. The van der Waals surface area contributed by atoms with Crippen molar-refractivity contribution in [2.24, 2.45) is 5.41 Å². The van der Waals surface area contributed by atoms with Gasteiger partial charge in [-0.1, -0.05) is 24.3 Å². The van der Waals surface area contributed by atoms with Crippen LogP contribution in [0.2, 0.25) is 0 Å². The first-order chi connectivity index (χ1) is 16.7. The van der Waals surface area contributed by atoms with E-state index >= 15 is 0 Å². The lowest BCUT2D eigenvalue weighted by molar-refractivity contribution is 0.110. The molecule has 1 unspecified atom stereocenters. The van der Waals surface area contributed by atoms with Gasteiger partial charge in [0.25, 0.3) is 0 Å². The first-order valence-corrected chi connectivity index (χ1v) is 13.0. The van der Waals surface area contributed by atoms with Crippen molar-refractivity contribution in [2.75, 3.05) is 13.1 Å². The third kappa shape index (κ3) is 5.90. The molecule has 1 N–H and O–H groups in total. The quantitative estimate of drug-likeness (QED) is 0.397. The highest BCUT2D eigenvalue weighted by Gasteiger charge is 2.47. The average Bonchev–Trinajstić information content (AvgIpc) is 3.46. The van der Waals surface area contributed by atoms with Crippen molar-refractivity contribution in [1.82, 2.24) is 15.2 Å². The number of halogens is 1. The fourth-order valence-corrected chi connectivity index (χ4v) is 5.70. The summed E-state index contributed by atoms with van der Waals surface area (Å²) in [6.45, 7) is 10.2. The number of benzene rings is 1. The molecule has 0 aliphatic carbocycles. The molecular weight excluding hydrogens is 461 g/mol. The molecule has 0 radical (unpaired) electrons. The van der Waals surface area contributed by atoms with Gasteiger partial charge < -0.3 is 10.1 Å². The Morgan fingerprint density at radius 2 is 2.00 bits per heavy atom. The fraction of sp³-hybridized carbons (Fsp3) is 0.429. The number of rotatable bonds is 8. The summed E-state index contributed by atoms with van der Waals surface area (Å²) >= 11 is 1.20. The van der Waals surface area contributed by atoms with E-state index in [1.54, 1.807) is 12.1 Å². The number of pyridine rings is 1. The molecule has 7 heteroatoms. The van der Waals surface area contributed by atoms with Crippen LogP contribution in [0.4, 0.5) is 9.18 Å². The number of likely N-dealkylation sites (tertiary alicyclic amines) is 1. The Balaban J connectivity index is 1.52. The SMILES string of the molecule is Cc1ccc(C(C)(C)N2CCC(CCc3ccc(F)s3)([C@H](C)NC(=O)Oc3ccccc3)C2)cn1. The largest absolute Gasteiger partial charge is 0.412 e. The van der Waals surface area contributed by atoms with E-state index in [4.69, 9.17) is 4.74 Å². The predicted octanol–water partition coefficient (Wildman–Crippen LogP) is 6.33. The minimum atomic E-state index is -0.453. The summed E-state index contributed by atoms with van der Waals surface area (Å²) in [5, 5.41) is 2.94. The van der Waals surface area contributed by atoms with E-state index in [2.05, 4.69) is 48.1 Å². The van der Waals surface area contributed by atoms with Crippen LogP contribution in [0.25, 0.3) is 0 Å². The fourth-order valence-electron chi connectivity index (χ4n) is 4.97. The standard InChI is InChI=1S/C28H34FN3O2S/c1-20-10-11-22(18-30-20)27(3,4)32-17-16-28(19-32,15-14-24-12-13-25(29)35-24)21(2)31-26(33)34-23-8-6-5-7-9-23/h5-13,18,21H,14-17,19H2,1-4H3,(H,31,33)/t21-,28?/m0/s1. The highest BCUT2D eigenvalue weighted by atomic mass is 32.1. The molecule has 1 fully saturated rings. The molecule has 1 saturated heterocycles. The number of hydrogen-bond donors (Lipinski definition) is 1. The third-order valence-electron chi connectivity index (χ3n) is 7.50. The van der Waals surface area contributed by atoms with E-state index < -0.39 is 6.09 Å². The molecule has 3 heterocycles. The zero-order valence-electron chi connectivity index (χ0n) is 20.9. The van der Waals surface area contributed by atoms with Crippen molar-refractivity contribution in [2.45, 2.75) is 58.5 Å². The van der Waals surface area contributed by atoms with Crippen molar-refractivity contribution >= 4 is 17.4 Å². The molecule has 0 saturated carbocycles. The van der Waals surface area contributed by atoms with Gasteiger partial charge in [0.05, 0.1) is 0 Å². The van der Waals surface area contributed by atoms with Crippen LogP contribution < -0.4 is 10.1 Å². The molecular formula is C28H34FN3O2S. The summed E-state index contributed by atoms with van der Waals surface area (Å²) in [7, 11) is 0. The number of ether oxygens (including phenoxy) is 1. The number of para-hydroxylation sites is 1. The third-order valence-corrected chi connectivity index (χ3v) is 8.43. The van der Waals surface area contributed by atoms with E-state index in [1.807, 2.05) is 37.4 Å². The minimum Gasteiger partial charge on any atom is -0.410 e. The van der Waals surface area contributed by atoms with Gasteiger partial charge in [-0.05, 0) is 89.4 Å². The van der Waals surface area contributed by atoms with Crippen molar-refractivity contribution in [3.05, 3.63) is 82.1 Å². The highest BCUT2D eigenvalue weighted by molar-refractivity contribution is 7.10. The molecule has 2 aromatic heterocycles. The number of aryl methyl sites for hydroxylation is 2. The maximum Gasteiger partial charge on any atom is 0.412 e. The smallest absolute Gasteiger partial charge is 0.410 e. The summed E-state index contributed by atoms with van der Waals surface area (Å²) in [4.78, 5) is 20.8. The minimum absolute atomic E-state index is 0.125. The number of nitrogens with one attached hydrogen (secondary N) is 1. The second-order valence-corrected chi connectivity index (χ2v) is 11.2. The maximum absolute atomic E-state index is 13.6. The molecule has 1 aliphatic rings. The Morgan fingerprint density at radius 1 is 1.23 bits per heavy atom. The lowest BCUT2D eigenvalue weighted by Crippen LogP contribution is -2.50. The molecule has 0 bridgehead atoms. The summed E-state index contributed by atoms with van der Waals surface area (Å²) in [5.74, 6) is 0.515. The first kappa shape index (κ1) is 25.3. The zero-order chi connectivity index (χ0) is 25.1. The average molecular weight is 496 g/mol. The molecule has 4 rings (SSSR count). The Hall–Kier alpha value is -2.77. The number of carbonyl (C=O) groups excluding carboxylic acids is 1. The van der Waals surface area contributed by atoms with Crippen LogP contribution in [0.1, 0.15) is 49.7 Å².